The number of aromatic amines is 1. The van der Waals surface area contributed by atoms with Gasteiger partial charge in [0.05, 0.1) is 5.52 Å². The highest BCUT2D eigenvalue weighted by atomic mass is 19.4. The summed E-state index contributed by atoms with van der Waals surface area (Å²) in [7, 11) is 0. The first-order chi connectivity index (χ1) is 8.47. The van der Waals surface area contributed by atoms with Crippen LogP contribution in [0.5, 0.6) is 0 Å². The molecule has 1 aromatic carbocycles. The number of hydrogen-bond donors (Lipinski definition) is 2. The minimum Gasteiger partial charge on any atom is -0.382 e. The number of para-hydroxylation sites is 1. The molecule has 0 amide bonds. The van der Waals surface area contributed by atoms with Crippen LogP contribution in [-0.2, 0) is 6.18 Å². The van der Waals surface area contributed by atoms with E-state index in [1.807, 2.05) is 0 Å². The standard InChI is InChI=1S/C11H7F3N4/c12-11(13,14)10-17-7-5-3-1-2-4-6(5)16-9(15)8(7)18-10/h1-4H,(H2,15,16)(H,17,18). The van der Waals surface area contributed by atoms with Crippen molar-refractivity contribution in [3.8, 4) is 0 Å². The van der Waals surface area contributed by atoms with Gasteiger partial charge in [0.25, 0.3) is 0 Å². The summed E-state index contributed by atoms with van der Waals surface area (Å²) >= 11 is 0. The quantitative estimate of drug-likeness (QED) is 0.646. The molecule has 3 rings (SSSR count). The second kappa shape index (κ2) is 3.34. The number of nitrogens with two attached hydrogens (primary N) is 1. The number of aromatic nitrogens is 3. The number of rotatable bonds is 0. The van der Waals surface area contributed by atoms with Crippen LogP contribution >= 0.6 is 0 Å². The normalized spacial score (nSPS) is 12.4. The van der Waals surface area contributed by atoms with Gasteiger partial charge in [-0.25, -0.2) is 9.97 Å². The fourth-order valence-electron chi connectivity index (χ4n) is 1.84. The van der Waals surface area contributed by atoms with Crippen molar-refractivity contribution in [1.82, 2.24) is 15.0 Å². The van der Waals surface area contributed by atoms with Crippen molar-refractivity contribution in [2.45, 2.75) is 6.18 Å². The number of nitrogen functional groups attached to an aromatic ring is 1. The van der Waals surface area contributed by atoms with Gasteiger partial charge in [0.1, 0.15) is 16.9 Å². The number of nitrogens with one attached hydrogen (secondary N) is 1. The first kappa shape index (κ1) is 10.8. The molecule has 0 spiro atoms. The third-order valence-electron chi connectivity index (χ3n) is 2.63. The molecule has 2 heterocycles. The smallest absolute Gasteiger partial charge is 0.382 e. The second-order valence-electron chi connectivity index (χ2n) is 3.82. The van der Waals surface area contributed by atoms with Gasteiger partial charge in [0.15, 0.2) is 0 Å². The van der Waals surface area contributed by atoms with E-state index in [2.05, 4.69) is 15.0 Å². The molecule has 0 unspecified atom stereocenters. The Morgan fingerprint density at radius 2 is 1.83 bits per heavy atom. The van der Waals surface area contributed by atoms with E-state index < -0.39 is 12.0 Å². The number of halogens is 3. The molecule has 0 aliphatic heterocycles. The van der Waals surface area contributed by atoms with Crippen LogP contribution in [0.3, 0.4) is 0 Å². The predicted octanol–water partition coefficient (Wildman–Crippen LogP) is 2.71. The van der Waals surface area contributed by atoms with Gasteiger partial charge in [-0.3, -0.25) is 0 Å². The molecule has 3 N–H and O–H groups in total. The van der Waals surface area contributed by atoms with Crippen molar-refractivity contribution in [3.63, 3.8) is 0 Å². The molecule has 0 saturated carbocycles. The number of H-pyrrole nitrogens is 1. The Balaban J connectivity index is 2.45. The highest BCUT2D eigenvalue weighted by Crippen LogP contribution is 2.32. The minimum absolute atomic E-state index is 0.00620. The lowest BCUT2D eigenvalue weighted by Gasteiger charge is -1.99. The second-order valence-corrected chi connectivity index (χ2v) is 3.82. The summed E-state index contributed by atoms with van der Waals surface area (Å²) in [5.74, 6) is -1.06. The maximum atomic E-state index is 12.6. The van der Waals surface area contributed by atoms with E-state index in [4.69, 9.17) is 5.73 Å². The van der Waals surface area contributed by atoms with Crippen molar-refractivity contribution in [2.75, 3.05) is 5.73 Å². The van der Waals surface area contributed by atoms with Gasteiger partial charge in [-0.2, -0.15) is 13.2 Å². The van der Waals surface area contributed by atoms with E-state index in [0.717, 1.165) is 0 Å². The van der Waals surface area contributed by atoms with Crippen molar-refractivity contribution >= 4 is 27.8 Å². The Labute approximate surface area is 98.6 Å². The van der Waals surface area contributed by atoms with Crippen LogP contribution < -0.4 is 5.73 Å². The van der Waals surface area contributed by atoms with Crippen molar-refractivity contribution in [3.05, 3.63) is 30.1 Å². The van der Waals surface area contributed by atoms with E-state index in [1.54, 1.807) is 24.3 Å². The molecule has 0 fully saturated rings. The Bertz CT molecular complexity index is 745. The highest BCUT2D eigenvalue weighted by Gasteiger charge is 2.35. The van der Waals surface area contributed by atoms with E-state index in [-0.39, 0.29) is 16.9 Å². The minimum atomic E-state index is -4.54. The van der Waals surface area contributed by atoms with Gasteiger partial charge in [-0.15, -0.1) is 0 Å². The lowest BCUT2D eigenvalue weighted by molar-refractivity contribution is -0.144. The van der Waals surface area contributed by atoms with Gasteiger partial charge >= 0.3 is 6.18 Å². The van der Waals surface area contributed by atoms with Gasteiger partial charge in [0, 0.05) is 5.39 Å². The fourth-order valence-corrected chi connectivity index (χ4v) is 1.84. The number of imidazole rings is 1. The summed E-state index contributed by atoms with van der Waals surface area (Å²) in [5, 5.41) is 0.536. The lowest BCUT2D eigenvalue weighted by Crippen LogP contribution is -2.06. The molecule has 0 radical (unpaired) electrons. The summed E-state index contributed by atoms with van der Waals surface area (Å²) in [6.45, 7) is 0. The first-order valence-corrected chi connectivity index (χ1v) is 5.08. The molecule has 0 aliphatic rings. The maximum absolute atomic E-state index is 12.6. The third kappa shape index (κ3) is 1.47. The molecule has 92 valence electrons. The summed E-state index contributed by atoms with van der Waals surface area (Å²) in [4.78, 5) is 9.78. The average Bonchev–Trinajstić information content (AvgIpc) is 2.74. The number of fused-ring (bicyclic) bond motifs is 3. The number of hydrogen-bond acceptors (Lipinski definition) is 3. The van der Waals surface area contributed by atoms with Crippen LogP contribution in [0.15, 0.2) is 24.3 Å². The number of alkyl halides is 3. The maximum Gasteiger partial charge on any atom is 0.449 e. The van der Waals surface area contributed by atoms with Gasteiger partial charge < -0.3 is 10.7 Å². The van der Waals surface area contributed by atoms with Crippen molar-refractivity contribution in [2.24, 2.45) is 0 Å². The van der Waals surface area contributed by atoms with Crippen LogP contribution in [0.25, 0.3) is 21.9 Å². The summed E-state index contributed by atoms with van der Waals surface area (Å²) in [6.07, 6.45) is -4.54. The van der Waals surface area contributed by atoms with Gasteiger partial charge in [0.2, 0.25) is 5.82 Å². The lowest BCUT2D eigenvalue weighted by atomic mass is 10.2. The topological polar surface area (TPSA) is 67.6 Å². The SMILES string of the molecule is Nc1nc2ccccc2c2nc(C(F)(F)F)[nH]c12. The molecule has 0 atom stereocenters. The van der Waals surface area contributed by atoms with Gasteiger partial charge in [-0.05, 0) is 6.07 Å². The monoisotopic (exact) mass is 252 g/mol. The number of nitrogens with zero attached hydrogens (tertiary/aromatic N) is 2. The Morgan fingerprint density at radius 1 is 1.11 bits per heavy atom. The van der Waals surface area contributed by atoms with Crippen LogP contribution in [0.2, 0.25) is 0 Å². The molecule has 7 heteroatoms. The Hall–Kier alpha value is -2.31. The first-order valence-electron chi connectivity index (χ1n) is 5.08. The summed E-state index contributed by atoms with van der Waals surface area (Å²) < 4.78 is 37.8. The zero-order valence-electron chi connectivity index (χ0n) is 8.92. The zero-order chi connectivity index (χ0) is 12.9. The molecule has 3 aromatic rings. The van der Waals surface area contributed by atoms with Crippen LogP contribution in [0.4, 0.5) is 19.0 Å². The Morgan fingerprint density at radius 3 is 2.56 bits per heavy atom. The van der Waals surface area contributed by atoms with Crippen LogP contribution in [0, 0.1) is 0 Å². The third-order valence-corrected chi connectivity index (χ3v) is 2.63. The number of pyridine rings is 1. The van der Waals surface area contributed by atoms with Crippen molar-refractivity contribution < 1.29 is 13.2 Å². The molecular formula is C11H7F3N4. The van der Waals surface area contributed by atoms with E-state index in [0.29, 0.717) is 10.9 Å². The highest BCUT2D eigenvalue weighted by molar-refractivity contribution is 6.06. The van der Waals surface area contributed by atoms with Crippen LogP contribution in [-0.4, -0.2) is 15.0 Å². The predicted molar refractivity (Wildman–Crippen MR) is 60.8 cm³/mol. The molecule has 0 aliphatic carbocycles. The zero-order valence-corrected chi connectivity index (χ0v) is 8.92. The van der Waals surface area contributed by atoms with E-state index in [9.17, 15) is 13.2 Å². The molecule has 2 aromatic heterocycles. The Kier molecular flexibility index (Phi) is 2.01. The average molecular weight is 252 g/mol. The molecule has 0 saturated heterocycles. The molecular weight excluding hydrogens is 245 g/mol. The van der Waals surface area contributed by atoms with Gasteiger partial charge in [-0.1, -0.05) is 18.2 Å². The van der Waals surface area contributed by atoms with E-state index in [1.165, 1.54) is 0 Å². The fraction of sp³-hybridized carbons (Fsp3) is 0.0909. The summed E-state index contributed by atoms with van der Waals surface area (Å²) in [5.41, 5.74) is 6.44. The van der Waals surface area contributed by atoms with Crippen molar-refractivity contribution in [1.29, 1.82) is 0 Å². The molecule has 4 nitrogen and oxygen atoms in total. The number of benzene rings is 1. The number of anilines is 1. The van der Waals surface area contributed by atoms with Crippen LogP contribution in [0.1, 0.15) is 5.82 Å². The molecule has 18 heavy (non-hydrogen) atoms. The molecule has 0 bridgehead atoms. The van der Waals surface area contributed by atoms with E-state index >= 15 is 0 Å². The largest absolute Gasteiger partial charge is 0.449 e. The summed E-state index contributed by atoms with van der Waals surface area (Å²) in [6, 6.07) is 6.78.